The van der Waals surface area contributed by atoms with E-state index in [-0.39, 0.29) is 11.1 Å². The number of nitrogens with zero attached hydrogens (tertiary/aromatic N) is 2. The highest BCUT2D eigenvalue weighted by Gasteiger charge is 2.22. The number of anilines is 2. The smallest absolute Gasteiger partial charge is 0.321 e. The van der Waals surface area contributed by atoms with Crippen molar-refractivity contribution in [2.45, 2.75) is 0 Å². The molecule has 1 aliphatic heterocycles. The number of methoxy groups -OCH3 is 1. The van der Waals surface area contributed by atoms with Crippen LogP contribution < -0.4 is 15.0 Å². The Balaban J connectivity index is 1.57. The van der Waals surface area contributed by atoms with Gasteiger partial charge in [0.2, 0.25) is 0 Å². The van der Waals surface area contributed by atoms with Crippen LogP contribution in [0.5, 0.6) is 5.75 Å². The summed E-state index contributed by atoms with van der Waals surface area (Å²) in [4.78, 5) is 16.2. The van der Waals surface area contributed by atoms with Gasteiger partial charge < -0.3 is 19.9 Å². The zero-order chi connectivity index (χ0) is 17.8. The second-order valence-electron chi connectivity index (χ2n) is 5.73. The van der Waals surface area contributed by atoms with Gasteiger partial charge >= 0.3 is 6.03 Å². The largest absolute Gasteiger partial charge is 0.497 e. The maximum atomic E-state index is 13.3. The molecule has 0 spiro atoms. The van der Waals surface area contributed by atoms with Gasteiger partial charge in [-0.25, -0.2) is 9.18 Å². The summed E-state index contributed by atoms with van der Waals surface area (Å²) in [5.41, 5.74) is 1.55. The minimum atomic E-state index is -0.429. The monoisotopic (exact) mass is 363 g/mol. The van der Waals surface area contributed by atoms with E-state index in [1.54, 1.807) is 30.2 Å². The Hall–Kier alpha value is -2.47. The van der Waals surface area contributed by atoms with Crippen LogP contribution in [-0.4, -0.2) is 44.2 Å². The summed E-state index contributed by atoms with van der Waals surface area (Å²) in [7, 11) is 1.59. The molecule has 0 atom stereocenters. The number of benzene rings is 2. The third kappa shape index (κ3) is 4.14. The third-order valence-electron chi connectivity index (χ3n) is 4.16. The fraction of sp³-hybridized carbons (Fsp3) is 0.278. The molecule has 2 aromatic carbocycles. The van der Waals surface area contributed by atoms with Crippen molar-refractivity contribution in [2.75, 3.05) is 43.5 Å². The number of carbonyl (C=O) groups excluding carboxylic acids is 1. The van der Waals surface area contributed by atoms with Crippen molar-refractivity contribution in [2.24, 2.45) is 0 Å². The molecule has 0 aromatic heterocycles. The van der Waals surface area contributed by atoms with Crippen molar-refractivity contribution in [3.05, 3.63) is 53.3 Å². The number of ether oxygens (including phenoxy) is 1. The summed E-state index contributed by atoms with van der Waals surface area (Å²) in [5, 5.41) is 2.98. The molecular formula is C18H19ClFN3O2. The van der Waals surface area contributed by atoms with Crippen LogP contribution in [0.2, 0.25) is 5.02 Å². The standard InChI is InChI=1S/C18H19ClFN3O2/c1-25-15-4-2-3-13(11-15)21-18(24)23-9-7-22(8-10-23)14-5-6-17(20)16(19)12-14/h2-6,11-12H,7-10H2,1H3,(H,21,24). The van der Waals surface area contributed by atoms with Gasteiger partial charge in [0.15, 0.2) is 0 Å². The van der Waals surface area contributed by atoms with Gasteiger partial charge in [0, 0.05) is 43.6 Å². The van der Waals surface area contributed by atoms with E-state index in [0.717, 1.165) is 5.69 Å². The van der Waals surface area contributed by atoms with E-state index in [0.29, 0.717) is 37.6 Å². The van der Waals surface area contributed by atoms with Gasteiger partial charge in [-0.05, 0) is 30.3 Å². The van der Waals surface area contributed by atoms with Gasteiger partial charge in [0.25, 0.3) is 0 Å². The fourth-order valence-corrected chi connectivity index (χ4v) is 2.93. The number of piperazine rings is 1. The lowest BCUT2D eigenvalue weighted by Gasteiger charge is -2.36. The van der Waals surface area contributed by atoms with E-state index in [4.69, 9.17) is 16.3 Å². The zero-order valence-electron chi connectivity index (χ0n) is 13.8. The molecule has 0 radical (unpaired) electrons. The number of urea groups is 1. The van der Waals surface area contributed by atoms with Crippen molar-refractivity contribution in [3.8, 4) is 5.75 Å². The highest BCUT2D eigenvalue weighted by atomic mass is 35.5. The average Bonchev–Trinajstić information content (AvgIpc) is 2.64. The molecule has 0 bridgehead atoms. The van der Waals surface area contributed by atoms with E-state index in [1.165, 1.54) is 6.07 Å². The highest BCUT2D eigenvalue weighted by molar-refractivity contribution is 6.31. The number of carbonyl (C=O) groups is 1. The molecule has 1 N–H and O–H groups in total. The molecule has 5 nitrogen and oxygen atoms in total. The summed E-state index contributed by atoms with van der Waals surface area (Å²) >= 11 is 5.84. The van der Waals surface area contributed by atoms with Crippen molar-refractivity contribution >= 4 is 29.0 Å². The molecule has 3 rings (SSSR count). The number of nitrogens with one attached hydrogen (secondary N) is 1. The summed E-state index contributed by atoms with van der Waals surface area (Å²) in [6.45, 7) is 2.47. The molecule has 1 saturated heterocycles. The molecule has 25 heavy (non-hydrogen) atoms. The lowest BCUT2D eigenvalue weighted by Crippen LogP contribution is -2.50. The molecular weight excluding hydrogens is 345 g/mol. The van der Waals surface area contributed by atoms with Crippen LogP contribution in [-0.2, 0) is 0 Å². The molecule has 0 aliphatic carbocycles. The van der Waals surface area contributed by atoms with Gasteiger partial charge in [-0.2, -0.15) is 0 Å². The number of rotatable bonds is 3. The van der Waals surface area contributed by atoms with Crippen LogP contribution in [0, 0.1) is 5.82 Å². The van der Waals surface area contributed by atoms with Gasteiger partial charge in [-0.3, -0.25) is 0 Å². The zero-order valence-corrected chi connectivity index (χ0v) is 14.6. The number of amides is 2. The van der Waals surface area contributed by atoms with E-state index in [2.05, 4.69) is 10.2 Å². The summed E-state index contributed by atoms with van der Waals surface area (Å²) in [6.07, 6.45) is 0. The maximum Gasteiger partial charge on any atom is 0.321 e. The molecule has 2 aromatic rings. The third-order valence-corrected chi connectivity index (χ3v) is 4.45. The Kier molecular flexibility index (Phi) is 5.28. The predicted molar refractivity (Wildman–Crippen MR) is 97.2 cm³/mol. The van der Waals surface area contributed by atoms with Crippen LogP contribution in [0.4, 0.5) is 20.6 Å². The van der Waals surface area contributed by atoms with Gasteiger partial charge in [0.05, 0.1) is 12.1 Å². The topological polar surface area (TPSA) is 44.8 Å². The Morgan fingerprint density at radius 3 is 2.60 bits per heavy atom. The first-order chi connectivity index (χ1) is 12.1. The molecule has 1 fully saturated rings. The van der Waals surface area contributed by atoms with Gasteiger partial charge in [-0.1, -0.05) is 17.7 Å². The molecule has 1 aliphatic rings. The molecule has 132 valence electrons. The number of hydrogen-bond donors (Lipinski definition) is 1. The van der Waals surface area contributed by atoms with Gasteiger partial charge in [-0.15, -0.1) is 0 Å². The lowest BCUT2D eigenvalue weighted by molar-refractivity contribution is 0.208. The van der Waals surface area contributed by atoms with Crippen LogP contribution in [0.1, 0.15) is 0 Å². The Labute approximate surface area is 150 Å². The normalized spacial score (nSPS) is 14.4. The van der Waals surface area contributed by atoms with Crippen molar-refractivity contribution in [1.82, 2.24) is 4.90 Å². The van der Waals surface area contributed by atoms with Crippen molar-refractivity contribution < 1.29 is 13.9 Å². The average molecular weight is 364 g/mol. The van der Waals surface area contributed by atoms with E-state index < -0.39 is 5.82 Å². The number of hydrogen-bond acceptors (Lipinski definition) is 3. The van der Waals surface area contributed by atoms with Crippen LogP contribution in [0.3, 0.4) is 0 Å². The van der Waals surface area contributed by atoms with Crippen LogP contribution >= 0.6 is 11.6 Å². The Bertz CT molecular complexity index is 764. The van der Waals surface area contributed by atoms with Gasteiger partial charge in [0.1, 0.15) is 11.6 Å². The first kappa shape index (κ1) is 17.4. The Morgan fingerprint density at radius 1 is 1.16 bits per heavy atom. The summed E-state index contributed by atoms with van der Waals surface area (Å²) in [5.74, 6) is 0.262. The second-order valence-corrected chi connectivity index (χ2v) is 6.14. The van der Waals surface area contributed by atoms with Crippen molar-refractivity contribution in [1.29, 1.82) is 0 Å². The first-order valence-electron chi connectivity index (χ1n) is 7.97. The van der Waals surface area contributed by atoms with E-state index in [1.807, 2.05) is 18.2 Å². The molecule has 1 heterocycles. The minimum Gasteiger partial charge on any atom is -0.497 e. The SMILES string of the molecule is COc1cccc(NC(=O)N2CCN(c3ccc(F)c(Cl)c3)CC2)c1. The van der Waals surface area contributed by atoms with E-state index in [9.17, 15) is 9.18 Å². The molecule has 2 amide bonds. The maximum absolute atomic E-state index is 13.3. The minimum absolute atomic E-state index is 0.107. The fourth-order valence-electron chi connectivity index (χ4n) is 2.75. The lowest BCUT2D eigenvalue weighted by atomic mass is 10.2. The predicted octanol–water partition coefficient (Wildman–Crippen LogP) is 3.84. The van der Waals surface area contributed by atoms with Crippen LogP contribution in [0.25, 0.3) is 0 Å². The van der Waals surface area contributed by atoms with E-state index >= 15 is 0 Å². The first-order valence-corrected chi connectivity index (χ1v) is 8.34. The highest BCUT2D eigenvalue weighted by Crippen LogP contribution is 2.24. The van der Waals surface area contributed by atoms with Crippen molar-refractivity contribution in [3.63, 3.8) is 0 Å². The Morgan fingerprint density at radius 2 is 1.92 bits per heavy atom. The molecule has 0 unspecified atom stereocenters. The second kappa shape index (κ2) is 7.61. The summed E-state index contributed by atoms with van der Waals surface area (Å²) in [6, 6.07) is 11.8. The molecule has 7 heteroatoms. The summed E-state index contributed by atoms with van der Waals surface area (Å²) < 4.78 is 18.4. The number of halogens is 2. The van der Waals surface area contributed by atoms with Crippen LogP contribution in [0.15, 0.2) is 42.5 Å². The quantitative estimate of drug-likeness (QED) is 0.901. The molecule has 0 saturated carbocycles.